The second-order valence-electron chi connectivity index (χ2n) is 5.37. The molecular weight excluding hydrogens is 324 g/mol. The van der Waals surface area contributed by atoms with Gasteiger partial charge in [0.25, 0.3) is 0 Å². The van der Waals surface area contributed by atoms with Gasteiger partial charge in [0, 0.05) is 25.6 Å². The quantitative estimate of drug-likeness (QED) is 0.862. The van der Waals surface area contributed by atoms with Crippen LogP contribution in [0.15, 0.2) is 15.2 Å². The molecule has 0 aromatic carbocycles. The summed E-state index contributed by atoms with van der Waals surface area (Å²) in [4.78, 5) is 2.45. The van der Waals surface area contributed by atoms with Gasteiger partial charge in [0.05, 0.1) is 10.3 Å². The first-order valence-electron chi connectivity index (χ1n) is 6.67. The van der Waals surface area contributed by atoms with Crippen LogP contribution in [0.3, 0.4) is 0 Å². The molecule has 2 aliphatic rings. The fourth-order valence-corrected chi connectivity index (χ4v) is 3.90. The lowest BCUT2D eigenvalue weighted by atomic mass is 10.2. The summed E-state index contributed by atoms with van der Waals surface area (Å²) in [6.07, 6.45) is 2.59. The predicted octanol–water partition coefficient (Wildman–Crippen LogP) is 3.00. The molecule has 4 nitrogen and oxygen atoms in total. The number of hydrogen-bond acceptors (Lipinski definition) is 4. The Morgan fingerprint density at radius 1 is 1.32 bits per heavy atom. The van der Waals surface area contributed by atoms with Gasteiger partial charge in [0.1, 0.15) is 11.6 Å². The second kappa shape index (κ2) is 4.68. The maximum absolute atomic E-state index is 4.39. The fraction of sp³-hybridized carbons (Fsp3) is 0.538. The number of nitrogens with zero attached hydrogens (tertiary/aromatic N) is 4. The molecule has 1 saturated carbocycles. The third kappa shape index (κ3) is 2.37. The minimum Gasteiger partial charge on any atom is -0.312 e. The van der Waals surface area contributed by atoms with Crippen molar-refractivity contribution in [1.82, 2.24) is 19.7 Å². The molecule has 2 aromatic rings. The Hall–Kier alpha value is -0.720. The van der Waals surface area contributed by atoms with E-state index in [2.05, 4.69) is 47.0 Å². The van der Waals surface area contributed by atoms with Crippen LogP contribution in [0.25, 0.3) is 0 Å². The minimum absolute atomic E-state index is 0.695. The highest BCUT2D eigenvalue weighted by molar-refractivity contribution is 9.11. The third-order valence-electron chi connectivity index (χ3n) is 3.83. The Bertz CT molecular complexity index is 602. The van der Waals surface area contributed by atoms with Gasteiger partial charge in [-0.2, -0.15) is 0 Å². The Labute approximate surface area is 124 Å². The molecule has 0 bridgehead atoms. The molecule has 100 valence electrons. The molecule has 6 heteroatoms. The zero-order chi connectivity index (χ0) is 12.8. The van der Waals surface area contributed by atoms with Gasteiger partial charge in [-0.15, -0.1) is 21.5 Å². The summed E-state index contributed by atoms with van der Waals surface area (Å²) in [5, 5.41) is 11.0. The molecule has 0 radical (unpaired) electrons. The standard InChI is InChI=1S/C13H15BrN4S/c14-11-5-9(8-19-11)6-17-3-4-18-12(7-17)15-16-13(18)10-1-2-10/h5,8,10H,1-4,6-7H2. The van der Waals surface area contributed by atoms with Crippen LogP contribution in [0.5, 0.6) is 0 Å². The van der Waals surface area contributed by atoms with Crippen molar-refractivity contribution in [2.45, 2.75) is 38.4 Å². The molecule has 19 heavy (non-hydrogen) atoms. The number of rotatable bonds is 3. The Kier molecular flexibility index (Phi) is 2.97. The van der Waals surface area contributed by atoms with Crippen molar-refractivity contribution in [3.63, 3.8) is 0 Å². The molecule has 1 aliphatic carbocycles. The van der Waals surface area contributed by atoms with Crippen LogP contribution in [0.2, 0.25) is 0 Å². The Morgan fingerprint density at radius 3 is 2.95 bits per heavy atom. The molecule has 0 saturated heterocycles. The van der Waals surface area contributed by atoms with Crippen molar-refractivity contribution >= 4 is 27.3 Å². The lowest BCUT2D eigenvalue weighted by Crippen LogP contribution is -2.33. The zero-order valence-corrected chi connectivity index (χ0v) is 13.0. The number of hydrogen-bond donors (Lipinski definition) is 0. The van der Waals surface area contributed by atoms with E-state index in [1.165, 1.54) is 28.0 Å². The van der Waals surface area contributed by atoms with Crippen LogP contribution >= 0.6 is 27.3 Å². The van der Waals surface area contributed by atoms with Gasteiger partial charge in [-0.05, 0) is 45.8 Å². The van der Waals surface area contributed by atoms with Gasteiger partial charge in [-0.3, -0.25) is 4.90 Å². The molecule has 0 atom stereocenters. The summed E-state index contributed by atoms with van der Waals surface area (Å²) in [5.41, 5.74) is 1.38. The van der Waals surface area contributed by atoms with Crippen LogP contribution in [0, 0.1) is 0 Å². The van der Waals surface area contributed by atoms with E-state index in [0.29, 0.717) is 5.92 Å². The van der Waals surface area contributed by atoms with E-state index in [9.17, 15) is 0 Å². The van der Waals surface area contributed by atoms with Crippen molar-refractivity contribution < 1.29 is 0 Å². The van der Waals surface area contributed by atoms with E-state index in [1.807, 2.05) is 0 Å². The molecule has 1 fully saturated rings. The molecule has 0 amide bonds. The normalized spacial score (nSPS) is 19.6. The Balaban J connectivity index is 1.49. The number of thiophene rings is 1. The molecule has 1 aliphatic heterocycles. The highest BCUT2D eigenvalue weighted by atomic mass is 79.9. The molecule has 3 heterocycles. The van der Waals surface area contributed by atoms with E-state index < -0.39 is 0 Å². The van der Waals surface area contributed by atoms with E-state index in [4.69, 9.17) is 0 Å². The van der Waals surface area contributed by atoms with Crippen molar-refractivity contribution in [2.24, 2.45) is 0 Å². The van der Waals surface area contributed by atoms with Crippen LogP contribution in [0.4, 0.5) is 0 Å². The molecule has 2 aromatic heterocycles. The van der Waals surface area contributed by atoms with Gasteiger partial charge in [-0.25, -0.2) is 0 Å². The first kappa shape index (κ1) is 12.1. The van der Waals surface area contributed by atoms with Crippen molar-refractivity contribution in [3.05, 3.63) is 32.4 Å². The second-order valence-corrected chi connectivity index (χ2v) is 7.66. The number of fused-ring (bicyclic) bond motifs is 1. The van der Waals surface area contributed by atoms with Crippen molar-refractivity contribution in [2.75, 3.05) is 6.54 Å². The highest BCUT2D eigenvalue weighted by Crippen LogP contribution is 2.39. The summed E-state index contributed by atoms with van der Waals surface area (Å²) < 4.78 is 3.55. The predicted molar refractivity (Wildman–Crippen MR) is 78.1 cm³/mol. The van der Waals surface area contributed by atoms with Gasteiger partial charge in [0.15, 0.2) is 0 Å². The van der Waals surface area contributed by atoms with E-state index in [-0.39, 0.29) is 0 Å². The SMILES string of the molecule is Brc1cc(CN2CCn3c(nnc3C3CC3)C2)cs1. The van der Waals surface area contributed by atoms with Gasteiger partial charge in [0.2, 0.25) is 0 Å². The smallest absolute Gasteiger partial charge is 0.147 e. The van der Waals surface area contributed by atoms with Crippen LogP contribution in [-0.4, -0.2) is 26.2 Å². The minimum atomic E-state index is 0.695. The summed E-state index contributed by atoms with van der Waals surface area (Å²) in [5.74, 6) is 3.07. The van der Waals surface area contributed by atoms with Crippen LogP contribution in [0.1, 0.15) is 36.0 Å². The topological polar surface area (TPSA) is 34.0 Å². The fourth-order valence-electron chi connectivity index (χ4n) is 2.70. The monoisotopic (exact) mass is 338 g/mol. The summed E-state index contributed by atoms with van der Waals surface area (Å²) in [7, 11) is 0. The molecule has 0 N–H and O–H groups in total. The maximum Gasteiger partial charge on any atom is 0.147 e. The summed E-state index contributed by atoms with van der Waals surface area (Å²) in [6.45, 7) is 4.07. The molecular formula is C13H15BrN4S. The lowest BCUT2D eigenvalue weighted by molar-refractivity contribution is 0.207. The summed E-state index contributed by atoms with van der Waals surface area (Å²) in [6, 6.07) is 2.21. The van der Waals surface area contributed by atoms with Crippen molar-refractivity contribution in [3.8, 4) is 0 Å². The van der Waals surface area contributed by atoms with Crippen molar-refractivity contribution in [1.29, 1.82) is 0 Å². The van der Waals surface area contributed by atoms with Crippen LogP contribution in [-0.2, 0) is 19.6 Å². The van der Waals surface area contributed by atoms with Gasteiger partial charge in [-0.1, -0.05) is 0 Å². The number of halogens is 1. The first-order chi connectivity index (χ1) is 9.29. The Morgan fingerprint density at radius 2 is 2.21 bits per heavy atom. The zero-order valence-electron chi connectivity index (χ0n) is 10.5. The molecule has 4 rings (SSSR count). The van der Waals surface area contributed by atoms with Gasteiger partial charge >= 0.3 is 0 Å². The first-order valence-corrected chi connectivity index (χ1v) is 8.34. The van der Waals surface area contributed by atoms with E-state index >= 15 is 0 Å². The van der Waals surface area contributed by atoms with Crippen LogP contribution < -0.4 is 0 Å². The van der Waals surface area contributed by atoms with E-state index in [1.54, 1.807) is 11.3 Å². The highest BCUT2D eigenvalue weighted by Gasteiger charge is 2.31. The average molecular weight is 339 g/mol. The number of aromatic nitrogens is 3. The molecule has 0 unspecified atom stereocenters. The third-order valence-corrected chi connectivity index (χ3v) is 5.38. The van der Waals surface area contributed by atoms with E-state index in [0.717, 1.165) is 32.0 Å². The largest absolute Gasteiger partial charge is 0.312 e. The maximum atomic E-state index is 4.39. The lowest BCUT2D eigenvalue weighted by Gasteiger charge is -2.27. The van der Waals surface area contributed by atoms with Gasteiger partial charge < -0.3 is 4.57 Å². The molecule has 0 spiro atoms. The summed E-state index contributed by atoms with van der Waals surface area (Å²) >= 11 is 5.27. The average Bonchev–Trinajstić information content (AvgIpc) is 3.04.